The fourth-order valence-electron chi connectivity index (χ4n) is 3.09. The molecule has 1 heterocycles. The zero-order valence-electron chi connectivity index (χ0n) is 16.0. The van der Waals surface area contributed by atoms with Crippen LogP contribution in [0.2, 0.25) is 0 Å². The van der Waals surface area contributed by atoms with E-state index in [9.17, 15) is 4.79 Å². The lowest BCUT2D eigenvalue weighted by molar-refractivity contribution is -0.120. The van der Waals surface area contributed by atoms with E-state index in [0.29, 0.717) is 0 Å². The number of rotatable bonds is 6. The molecule has 0 saturated carbocycles. The number of carbonyl (C=O) groups excluding carboxylic acids is 1. The Hall–Kier alpha value is -1.63. The van der Waals surface area contributed by atoms with Crippen LogP contribution in [0.3, 0.4) is 0 Å². The molecule has 0 aromatic heterocycles. The fourth-order valence-corrected chi connectivity index (χ4v) is 3.09. The first-order valence-corrected chi connectivity index (χ1v) is 9.14. The molecular formula is C21H29Cl2N3O2. The maximum absolute atomic E-state index is 12.5. The van der Waals surface area contributed by atoms with Gasteiger partial charge in [0.15, 0.2) is 0 Å². The standard InChI is InChI=1S/C21H27N3O2.2ClH/c1-16(20(22)18-5-3-2-4-6-18)21(25)23-19-9-7-17(8-10-19)15-24-11-13-26-14-12-24;;/h2-10,16,20H,11-15,22H2,1H3,(H,23,25);2*1H. The summed E-state index contributed by atoms with van der Waals surface area (Å²) < 4.78 is 5.37. The van der Waals surface area contributed by atoms with Crippen molar-refractivity contribution in [2.75, 3.05) is 31.6 Å². The number of carbonyl (C=O) groups is 1. The maximum Gasteiger partial charge on any atom is 0.229 e. The van der Waals surface area contributed by atoms with Gasteiger partial charge in [-0.05, 0) is 23.3 Å². The summed E-state index contributed by atoms with van der Waals surface area (Å²) in [5.74, 6) is -0.382. The first kappa shape index (κ1) is 24.4. The minimum Gasteiger partial charge on any atom is -0.379 e. The Morgan fingerprint density at radius 2 is 1.68 bits per heavy atom. The van der Waals surface area contributed by atoms with Crippen molar-refractivity contribution < 1.29 is 9.53 Å². The van der Waals surface area contributed by atoms with Crippen molar-refractivity contribution in [3.05, 3.63) is 65.7 Å². The van der Waals surface area contributed by atoms with Crippen LogP contribution in [0.15, 0.2) is 54.6 Å². The number of nitrogens with two attached hydrogens (primary N) is 1. The number of halogens is 2. The third kappa shape index (κ3) is 6.76. The average Bonchev–Trinajstić information content (AvgIpc) is 2.70. The summed E-state index contributed by atoms with van der Waals surface area (Å²) in [6, 6.07) is 17.4. The van der Waals surface area contributed by atoms with Crippen LogP contribution in [-0.4, -0.2) is 37.1 Å². The van der Waals surface area contributed by atoms with Crippen LogP contribution in [0.25, 0.3) is 0 Å². The zero-order chi connectivity index (χ0) is 18.4. The Bertz CT molecular complexity index is 707. The second-order valence-electron chi connectivity index (χ2n) is 6.80. The highest BCUT2D eigenvalue weighted by molar-refractivity contribution is 5.92. The molecule has 154 valence electrons. The number of ether oxygens (including phenoxy) is 1. The van der Waals surface area contributed by atoms with E-state index in [4.69, 9.17) is 10.5 Å². The summed E-state index contributed by atoms with van der Waals surface area (Å²) in [6.45, 7) is 6.30. The smallest absolute Gasteiger partial charge is 0.229 e. The molecule has 0 spiro atoms. The average molecular weight is 426 g/mol. The van der Waals surface area contributed by atoms with Crippen LogP contribution < -0.4 is 11.1 Å². The lowest BCUT2D eigenvalue weighted by Gasteiger charge is -2.26. The molecule has 1 amide bonds. The Morgan fingerprint density at radius 1 is 1.07 bits per heavy atom. The van der Waals surface area contributed by atoms with E-state index in [1.807, 2.05) is 49.4 Å². The normalized spacial score (nSPS) is 16.2. The first-order valence-electron chi connectivity index (χ1n) is 9.14. The highest BCUT2D eigenvalue weighted by atomic mass is 35.5. The van der Waals surface area contributed by atoms with Crippen LogP contribution in [0, 0.1) is 5.92 Å². The molecule has 2 unspecified atom stereocenters. The topological polar surface area (TPSA) is 67.6 Å². The van der Waals surface area contributed by atoms with Crippen molar-refractivity contribution in [1.82, 2.24) is 4.90 Å². The molecule has 0 radical (unpaired) electrons. The molecule has 0 aliphatic carbocycles. The summed E-state index contributed by atoms with van der Waals surface area (Å²) in [4.78, 5) is 14.9. The molecule has 1 aliphatic heterocycles. The van der Waals surface area contributed by atoms with Gasteiger partial charge < -0.3 is 15.8 Å². The molecule has 1 aliphatic rings. The second kappa shape index (κ2) is 12.0. The number of nitrogens with zero attached hydrogens (tertiary/aromatic N) is 1. The summed E-state index contributed by atoms with van der Waals surface area (Å²) in [5.41, 5.74) is 9.25. The summed E-state index contributed by atoms with van der Waals surface area (Å²) in [5, 5.41) is 2.97. The quantitative estimate of drug-likeness (QED) is 0.740. The third-order valence-corrected chi connectivity index (χ3v) is 4.87. The Labute approximate surface area is 179 Å². The predicted octanol–water partition coefficient (Wildman–Crippen LogP) is 3.64. The van der Waals surface area contributed by atoms with Gasteiger partial charge in [-0.3, -0.25) is 9.69 Å². The number of hydrogen-bond donors (Lipinski definition) is 2. The Kier molecular flexibility index (Phi) is 10.5. The molecular weight excluding hydrogens is 397 g/mol. The minimum absolute atomic E-state index is 0. The largest absolute Gasteiger partial charge is 0.379 e. The monoisotopic (exact) mass is 425 g/mol. The van der Waals surface area contributed by atoms with Gasteiger partial charge in [-0.2, -0.15) is 0 Å². The van der Waals surface area contributed by atoms with Crippen molar-refractivity contribution in [3.8, 4) is 0 Å². The van der Waals surface area contributed by atoms with Crippen molar-refractivity contribution in [3.63, 3.8) is 0 Å². The molecule has 2 aromatic rings. The van der Waals surface area contributed by atoms with Crippen molar-refractivity contribution in [2.24, 2.45) is 11.7 Å². The Balaban J connectivity index is 0.00000196. The van der Waals surface area contributed by atoms with Crippen LogP contribution in [0.5, 0.6) is 0 Å². The van der Waals surface area contributed by atoms with E-state index in [1.165, 1.54) is 5.56 Å². The van der Waals surface area contributed by atoms with E-state index >= 15 is 0 Å². The molecule has 1 fully saturated rings. The molecule has 5 nitrogen and oxygen atoms in total. The van der Waals surface area contributed by atoms with Gasteiger partial charge in [0.1, 0.15) is 0 Å². The number of benzene rings is 2. The maximum atomic E-state index is 12.5. The van der Waals surface area contributed by atoms with Crippen LogP contribution in [0.1, 0.15) is 24.1 Å². The molecule has 2 atom stereocenters. The summed E-state index contributed by atoms with van der Waals surface area (Å²) in [7, 11) is 0. The lowest BCUT2D eigenvalue weighted by atomic mass is 9.94. The van der Waals surface area contributed by atoms with Gasteiger partial charge >= 0.3 is 0 Å². The van der Waals surface area contributed by atoms with E-state index in [-0.39, 0.29) is 42.7 Å². The van der Waals surface area contributed by atoms with E-state index in [1.54, 1.807) is 0 Å². The van der Waals surface area contributed by atoms with Crippen LogP contribution >= 0.6 is 24.8 Å². The van der Waals surface area contributed by atoms with Gasteiger partial charge in [0.2, 0.25) is 5.91 Å². The highest BCUT2D eigenvalue weighted by Gasteiger charge is 2.22. The third-order valence-electron chi connectivity index (χ3n) is 4.87. The number of nitrogens with one attached hydrogen (secondary N) is 1. The fraction of sp³-hybridized carbons (Fsp3) is 0.381. The zero-order valence-corrected chi connectivity index (χ0v) is 17.7. The van der Waals surface area contributed by atoms with Gasteiger partial charge in [0.25, 0.3) is 0 Å². The molecule has 28 heavy (non-hydrogen) atoms. The van der Waals surface area contributed by atoms with Gasteiger partial charge in [-0.1, -0.05) is 49.4 Å². The van der Waals surface area contributed by atoms with E-state index in [2.05, 4.69) is 22.3 Å². The molecule has 2 aromatic carbocycles. The van der Waals surface area contributed by atoms with Gasteiger partial charge in [0.05, 0.1) is 19.1 Å². The van der Waals surface area contributed by atoms with E-state index < -0.39 is 0 Å². The summed E-state index contributed by atoms with van der Waals surface area (Å²) in [6.07, 6.45) is 0. The van der Waals surface area contributed by atoms with Gasteiger partial charge in [-0.15, -0.1) is 24.8 Å². The van der Waals surface area contributed by atoms with Crippen LogP contribution in [-0.2, 0) is 16.1 Å². The minimum atomic E-state index is -0.322. The molecule has 3 rings (SSSR count). The molecule has 7 heteroatoms. The van der Waals surface area contributed by atoms with Crippen molar-refractivity contribution >= 4 is 36.4 Å². The number of hydrogen-bond acceptors (Lipinski definition) is 4. The number of anilines is 1. The second-order valence-corrected chi connectivity index (χ2v) is 6.80. The van der Waals surface area contributed by atoms with Crippen molar-refractivity contribution in [1.29, 1.82) is 0 Å². The lowest BCUT2D eigenvalue weighted by Crippen LogP contribution is -2.35. The molecule has 3 N–H and O–H groups in total. The predicted molar refractivity (Wildman–Crippen MR) is 118 cm³/mol. The number of morpholine rings is 1. The first-order chi connectivity index (χ1) is 12.6. The van der Waals surface area contributed by atoms with Crippen molar-refractivity contribution in [2.45, 2.75) is 19.5 Å². The Morgan fingerprint density at radius 3 is 2.29 bits per heavy atom. The molecule has 0 bridgehead atoms. The summed E-state index contributed by atoms with van der Waals surface area (Å²) >= 11 is 0. The highest BCUT2D eigenvalue weighted by Crippen LogP contribution is 2.21. The van der Waals surface area contributed by atoms with Crippen LogP contribution in [0.4, 0.5) is 5.69 Å². The molecule has 1 saturated heterocycles. The van der Waals surface area contributed by atoms with Gasteiger partial charge in [0, 0.05) is 31.4 Å². The van der Waals surface area contributed by atoms with Gasteiger partial charge in [-0.25, -0.2) is 0 Å². The SMILES string of the molecule is CC(C(=O)Nc1ccc(CN2CCOCC2)cc1)C(N)c1ccccc1.Cl.Cl. The van der Waals surface area contributed by atoms with E-state index in [0.717, 1.165) is 44.1 Å². The number of amides is 1.